The van der Waals surface area contributed by atoms with E-state index >= 15 is 0 Å². The van der Waals surface area contributed by atoms with Gasteiger partial charge >= 0.3 is 23.9 Å². The van der Waals surface area contributed by atoms with Gasteiger partial charge in [-0.05, 0) is 12.8 Å². The maximum absolute atomic E-state index is 11.5. The van der Waals surface area contributed by atoms with Crippen LogP contribution in [0.25, 0.3) is 0 Å². The predicted octanol–water partition coefficient (Wildman–Crippen LogP) is 3.43. The Labute approximate surface area is 178 Å². The van der Waals surface area contributed by atoms with Gasteiger partial charge in [0.15, 0.2) is 0 Å². The first kappa shape index (κ1) is 27.4. The van der Waals surface area contributed by atoms with Crippen LogP contribution in [0.2, 0.25) is 0 Å². The highest BCUT2D eigenvalue weighted by Gasteiger charge is 2.04. The molecular weight excluding hydrogens is 392 g/mol. The van der Waals surface area contributed by atoms with Crippen molar-refractivity contribution in [2.75, 3.05) is 26.4 Å². The molecule has 0 saturated carbocycles. The van der Waals surface area contributed by atoms with Crippen LogP contribution in [-0.2, 0) is 38.1 Å². The molecule has 30 heavy (non-hydrogen) atoms. The zero-order valence-corrected chi connectivity index (χ0v) is 18.1. The van der Waals surface area contributed by atoms with Crippen molar-refractivity contribution in [3.8, 4) is 0 Å². The lowest BCUT2D eigenvalue weighted by atomic mass is 10.2. The second-order valence-electron chi connectivity index (χ2n) is 6.46. The first-order chi connectivity index (χ1) is 14.5. The molecule has 0 aliphatic carbocycles. The molecule has 0 heterocycles. The predicted molar refractivity (Wildman–Crippen MR) is 110 cm³/mol. The van der Waals surface area contributed by atoms with E-state index in [0.717, 1.165) is 75.7 Å². The fraction of sp³-hybridized carbons (Fsp3) is 0.636. The van der Waals surface area contributed by atoms with Crippen molar-refractivity contribution in [3.05, 3.63) is 24.3 Å². The van der Waals surface area contributed by atoms with Crippen molar-refractivity contribution in [3.63, 3.8) is 0 Å². The standard InChI is InChI=1S/C22H34O8/c1-3-5-7-9-15-27-19(23)11-13-21(25)29-17-18-30-22(26)14-12-20(24)28-16-10-8-6-4-2/h11-14H,3-10,15-18H2,1-2H3/b13-11-,14-12-. The van der Waals surface area contributed by atoms with Gasteiger partial charge in [0.25, 0.3) is 0 Å². The molecule has 0 unspecified atom stereocenters. The Bertz CT molecular complexity index is 515. The molecule has 0 radical (unpaired) electrons. The molecule has 0 aliphatic heterocycles. The molecule has 0 fully saturated rings. The first-order valence-corrected chi connectivity index (χ1v) is 10.5. The summed E-state index contributed by atoms with van der Waals surface area (Å²) in [6, 6.07) is 0. The highest BCUT2D eigenvalue weighted by Crippen LogP contribution is 2.00. The summed E-state index contributed by atoms with van der Waals surface area (Å²) in [4.78, 5) is 45.7. The zero-order chi connectivity index (χ0) is 22.5. The van der Waals surface area contributed by atoms with Crippen molar-refractivity contribution < 1.29 is 38.1 Å². The van der Waals surface area contributed by atoms with Crippen molar-refractivity contribution in [2.24, 2.45) is 0 Å². The van der Waals surface area contributed by atoms with E-state index in [9.17, 15) is 19.2 Å². The second kappa shape index (κ2) is 19.7. The number of esters is 4. The van der Waals surface area contributed by atoms with Crippen molar-refractivity contribution in [1.29, 1.82) is 0 Å². The van der Waals surface area contributed by atoms with Crippen LogP contribution in [0.15, 0.2) is 24.3 Å². The zero-order valence-electron chi connectivity index (χ0n) is 18.1. The summed E-state index contributed by atoms with van der Waals surface area (Å²) < 4.78 is 19.4. The van der Waals surface area contributed by atoms with Crippen molar-refractivity contribution >= 4 is 23.9 Å². The van der Waals surface area contributed by atoms with Crippen LogP contribution in [0.1, 0.15) is 65.2 Å². The molecule has 0 rings (SSSR count). The maximum Gasteiger partial charge on any atom is 0.331 e. The number of carbonyl (C=O) groups excluding carboxylic acids is 4. The molecule has 170 valence electrons. The largest absolute Gasteiger partial charge is 0.463 e. The Morgan fingerprint density at radius 1 is 0.467 bits per heavy atom. The average molecular weight is 427 g/mol. The van der Waals surface area contributed by atoms with Crippen LogP contribution in [0, 0.1) is 0 Å². The van der Waals surface area contributed by atoms with Gasteiger partial charge in [0, 0.05) is 24.3 Å². The SMILES string of the molecule is CCCCCCOC(=O)/C=C\C(=O)OCCOC(=O)/C=C\C(=O)OCCCCCC. The maximum atomic E-state index is 11.5. The van der Waals surface area contributed by atoms with E-state index < -0.39 is 23.9 Å². The van der Waals surface area contributed by atoms with Gasteiger partial charge in [-0.25, -0.2) is 19.2 Å². The Hall–Kier alpha value is -2.64. The van der Waals surface area contributed by atoms with Gasteiger partial charge < -0.3 is 18.9 Å². The molecule has 8 heteroatoms. The fourth-order valence-electron chi connectivity index (χ4n) is 2.15. The molecule has 0 aromatic carbocycles. The summed E-state index contributed by atoms with van der Waals surface area (Å²) in [7, 11) is 0. The Kier molecular flexibility index (Phi) is 17.9. The third-order valence-corrected chi connectivity index (χ3v) is 3.77. The van der Waals surface area contributed by atoms with Crippen LogP contribution in [0.3, 0.4) is 0 Å². The lowest BCUT2D eigenvalue weighted by Gasteiger charge is -2.03. The summed E-state index contributed by atoms with van der Waals surface area (Å²) in [6.07, 6.45) is 11.8. The quantitative estimate of drug-likeness (QED) is 0.151. The molecule has 0 amide bonds. The van der Waals surface area contributed by atoms with Gasteiger partial charge in [0.1, 0.15) is 13.2 Å². The average Bonchev–Trinajstić information content (AvgIpc) is 2.73. The molecule has 0 aromatic heterocycles. The van der Waals surface area contributed by atoms with E-state index in [1.807, 2.05) is 0 Å². The molecule has 0 bridgehead atoms. The highest BCUT2D eigenvalue weighted by atomic mass is 16.6. The topological polar surface area (TPSA) is 105 Å². The van der Waals surface area contributed by atoms with Gasteiger partial charge in [-0.3, -0.25) is 0 Å². The van der Waals surface area contributed by atoms with Crippen LogP contribution < -0.4 is 0 Å². The molecule has 0 aliphatic rings. The minimum Gasteiger partial charge on any atom is -0.463 e. The van der Waals surface area contributed by atoms with Crippen LogP contribution in [0.4, 0.5) is 0 Å². The molecule has 0 atom stereocenters. The number of rotatable bonds is 17. The van der Waals surface area contributed by atoms with Crippen LogP contribution >= 0.6 is 0 Å². The van der Waals surface area contributed by atoms with Gasteiger partial charge in [-0.15, -0.1) is 0 Å². The number of ether oxygens (including phenoxy) is 4. The molecule has 0 saturated heterocycles. The summed E-state index contributed by atoms with van der Waals surface area (Å²) in [6.45, 7) is 4.44. The Morgan fingerprint density at radius 3 is 1.07 bits per heavy atom. The minimum atomic E-state index is -0.754. The fourth-order valence-corrected chi connectivity index (χ4v) is 2.15. The van der Waals surface area contributed by atoms with E-state index in [1.54, 1.807) is 0 Å². The van der Waals surface area contributed by atoms with E-state index in [4.69, 9.17) is 18.9 Å². The van der Waals surface area contributed by atoms with Crippen molar-refractivity contribution in [2.45, 2.75) is 65.2 Å². The Balaban J connectivity index is 3.79. The minimum absolute atomic E-state index is 0.184. The lowest BCUT2D eigenvalue weighted by Crippen LogP contribution is -2.12. The number of unbranched alkanes of at least 4 members (excludes halogenated alkanes) is 6. The number of carbonyl (C=O) groups is 4. The summed E-state index contributed by atoms with van der Waals surface area (Å²) in [5.74, 6) is -2.73. The normalized spacial score (nSPS) is 10.9. The van der Waals surface area contributed by atoms with Crippen LogP contribution in [0.5, 0.6) is 0 Å². The van der Waals surface area contributed by atoms with E-state index in [1.165, 1.54) is 0 Å². The summed E-state index contributed by atoms with van der Waals surface area (Å²) in [5, 5.41) is 0. The van der Waals surface area contributed by atoms with Gasteiger partial charge in [-0.1, -0.05) is 52.4 Å². The number of hydrogen-bond acceptors (Lipinski definition) is 8. The number of hydrogen-bond donors (Lipinski definition) is 0. The lowest BCUT2D eigenvalue weighted by molar-refractivity contribution is -0.146. The third-order valence-electron chi connectivity index (χ3n) is 3.77. The third kappa shape index (κ3) is 18.7. The first-order valence-electron chi connectivity index (χ1n) is 10.5. The monoisotopic (exact) mass is 426 g/mol. The smallest absolute Gasteiger partial charge is 0.331 e. The van der Waals surface area contributed by atoms with Gasteiger partial charge in [-0.2, -0.15) is 0 Å². The summed E-state index contributed by atoms with van der Waals surface area (Å²) >= 11 is 0. The van der Waals surface area contributed by atoms with E-state index in [2.05, 4.69) is 13.8 Å². The van der Waals surface area contributed by atoms with Crippen LogP contribution in [-0.4, -0.2) is 50.3 Å². The van der Waals surface area contributed by atoms with Gasteiger partial charge in [0.2, 0.25) is 0 Å². The molecule has 0 spiro atoms. The van der Waals surface area contributed by atoms with Gasteiger partial charge in [0.05, 0.1) is 13.2 Å². The summed E-state index contributed by atoms with van der Waals surface area (Å²) in [5.41, 5.74) is 0. The van der Waals surface area contributed by atoms with Crippen molar-refractivity contribution in [1.82, 2.24) is 0 Å². The molecule has 0 N–H and O–H groups in total. The molecular formula is C22H34O8. The molecule has 0 aromatic rings. The van der Waals surface area contributed by atoms with E-state index in [0.29, 0.717) is 13.2 Å². The second-order valence-corrected chi connectivity index (χ2v) is 6.46. The van der Waals surface area contributed by atoms with E-state index in [-0.39, 0.29) is 13.2 Å². The Morgan fingerprint density at radius 2 is 0.767 bits per heavy atom. The highest BCUT2D eigenvalue weighted by molar-refractivity contribution is 5.92. The molecule has 8 nitrogen and oxygen atoms in total.